The lowest BCUT2D eigenvalue weighted by atomic mass is 10.1. The molecule has 2 aromatic rings. The highest BCUT2D eigenvalue weighted by Gasteiger charge is 2.25. The van der Waals surface area contributed by atoms with Crippen LogP contribution in [0.2, 0.25) is 19.6 Å². The van der Waals surface area contributed by atoms with Crippen LogP contribution in [0.15, 0.2) is 24.3 Å². The Morgan fingerprint density at radius 3 is 2.43 bits per heavy atom. The molecule has 0 saturated heterocycles. The van der Waals surface area contributed by atoms with Gasteiger partial charge in [-0.05, 0) is 24.3 Å². The number of esters is 1. The zero-order valence-corrected chi connectivity index (χ0v) is 13.6. The minimum Gasteiger partial charge on any atom is -0.464 e. The quantitative estimate of drug-likeness (QED) is 0.644. The van der Waals surface area contributed by atoms with Gasteiger partial charge in [0, 0.05) is 11.7 Å². The van der Waals surface area contributed by atoms with Crippen LogP contribution in [-0.2, 0) is 10.9 Å². The van der Waals surface area contributed by atoms with Crippen LogP contribution in [0.4, 0.5) is 4.39 Å². The molecule has 0 atom stereocenters. The van der Waals surface area contributed by atoms with Crippen LogP contribution in [-0.4, -0.2) is 36.1 Å². The standard InChI is InChI=1S/C14H18FN3O2Si/c1-20-14(19)13-12(10-5-7-11(15)8-6-10)16-17-18(13)9-21(2,3)4/h5-8H,9H2,1-4H3. The van der Waals surface area contributed by atoms with E-state index in [1.54, 1.807) is 16.8 Å². The summed E-state index contributed by atoms with van der Waals surface area (Å²) >= 11 is 0. The molecule has 0 amide bonds. The largest absolute Gasteiger partial charge is 0.464 e. The fraction of sp³-hybridized carbons (Fsp3) is 0.357. The second-order valence-corrected chi connectivity index (χ2v) is 11.4. The van der Waals surface area contributed by atoms with E-state index in [1.807, 2.05) is 0 Å². The van der Waals surface area contributed by atoms with Crippen molar-refractivity contribution in [3.63, 3.8) is 0 Å². The van der Waals surface area contributed by atoms with Crippen molar-refractivity contribution in [3.8, 4) is 11.3 Å². The van der Waals surface area contributed by atoms with Crippen molar-refractivity contribution in [2.45, 2.75) is 25.8 Å². The van der Waals surface area contributed by atoms with Gasteiger partial charge in [0.05, 0.1) is 15.2 Å². The molecule has 21 heavy (non-hydrogen) atoms. The number of halogens is 1. The number of rotatable bonds is 4. The molecule has 0 bridgehead atoms. The molecule has 112 valence electrons. The number of ether oxygens (including phenoxy) is 1. The van der Waals surface area contributed by atoms with E-state index in [4.69, 9.17) is 4.74 Å². The third kappa shape index (κ3) is 3.55. The molecule has 0 N–H and O–H groups in total. The zero-order valence-electron chi connectivity index (χ0n) is 12.6. The van der Waals surface area contributed by atoms with Crippen molar-refractivity contribution in [1.82, 2.24) is 15.0 Å². The SMILES string of the molecule is COC(=O)c1c(-c2ccc(F)cc2)nnn1C[Si](C)(C)C. The molecule has 1 aromatic carbocycles. The minimum absolute atomic E-state index is 0.312. The van der Waals surface area contributed by atoms with Gasteiger partial charge >= 0.3 is 5.97 Å². The minimum atomic E-state index is -1.49. The van der Waals surface area contributed by atoms with Crippen molar-refractivity contribution in [1.29, 1.82) is 0 Å². The molecule has 1 heterocycles. The maximum Gasteiger partial charge on any atom is 0.358 e. The fourth-order valence-corrected chi connectivity index (χ4v) is 3.09. The number of carbonyl (C=O) groups is 1. The highest BCUT2D eigenvalue weighted by Crippen LogP contribution is 2.23. The Bertz CT molecular complexity index is 647. The lowest BCUT2D eigenvalue weighted by Crippen LogP contribution is -2.30. The van der Waals surface area contributed by atoms with Gasteiger partial charge in [0.2, 0.25) is 0 Å². The van der Waals surface area contributed by atoms with Crippen LogP contribution < -0.4 is 0 Å². The van der Waals surface area contributed by atoms with Gasteiger partial charge in [-0.1, -0.05) is 24.9 Å². The van der Waals surface area contributed by atoms with Crippen molar-refractivity contribution in [3.05, 3.63) is 35.8 Å². The summed E-state index contributed by atoms with van der Waals surface area (Å²) < 4.78 is 19.5. The Labute approximate surface area is 123 Å². The molecule has 0 aliphatic carbocycles. The third-order valence-electron chi connectivity index (χ3n) is 2.86. The lowest BCUT2D eigenvalue weighted by Gasteiger charge is -2.16. The number of nitrogens with zero attached hydrogens (tertiary/aromatic N) is 3. The number of benzene rings is 1. The Kier molecular flexibility index (Phi) is 4.22. The van der Waals surface area contributed by atoms with Crippen LogP contribution in [0.5, 0.6) is 0 Å². The average molecular weight is 307 g/mol. The first-order valence-corrected chi connectivity index (χ1v) is 10.3. The molecule has 0 unspecified atom stereocenters. The van der Waals surface area contributed by atoms with E-state index in [0.717, 1.165) is 0 Å². The molecule has 0 aliphatic rings. The second kappa shape index (κ2) is 5.77. The van der Waals surface area contributed by atoms with Gasteiger partial charge in [-0.15, -0.1) is 5.10 Å². The highest BCUT2D eigenvalue weighted by molar-refractivity contribution is 6.74. The van der Waals surface area contributed by atoms with E-state index in [9.17, 15) is 9.18 Å². The van der Waals surface area contributed by atoms with E-state index in [1.165, 1.54) is 19.2 Å². The molecule has 0 fully saturated rings. The summed E-state index contributed by atoms with van der Waals surface area (Å²) in [6.07, 6.45) is 0.658. The predicted octanol–water partition coefficient (Wildman–Crippen LogP) is 2.75. The molecule has 0 spiro atoms. The molecular formula is C14H18FN3O2Si. The summed E-state index contributed by atoms with van der Waals surface area (Å²) in [5.41, 5.74) is 1.37. The van der Waals surface area contributed by atoms with Gasteiger partial charge < -0.3 is 4.74 Å². The summed E-state index contributed by atoms with van der Waals surface area (Å²) in [5.74, 6) is -0.828. The Hall–Kier alpha value is -2.02. The number of methoxy groups -OCH3 is 1. The maximum atomic E-state index is 13.0. The fourth-order valence-electron chi connectivity index (χ4n) is 1.97. The van der Waals surface area contributed by atoms with Crippen LogP contribution in [0.3, 0.4) is 0 Å². The number of aromatic nitrogens is 3. The normalized spacial score (nSPS) is 11.5. The second-order valence-electron chi connectivity index (χ2n) is 6.00. The molecule has 0 radical (unpaired) electrons. The number of hydrogen-bond acceptors (Lipinski definition) is 4. The van der Waals surface area contributed by atoms with Crippen LogP contribution in [0.25, 0.3) is 11.3 Å². The van der Waals surface area contributed by atoms with E-state index in [-0.39, 0.29) is 5.82 Å². The maximum absolute atomic E-state index is 13.0. The van der Waals surface area contributed by atoms with Gasteiger partial charge in [0.1, 0.15) is 11.5 Å². The molecular weight excluding hydrogens is 289 g/mol. The molecule has 2 rings (SSSR count). The van der Waals surface area contributed by atoms with Gasteiger partial charge in [-0.3, -0.25) is 0 Å². The molecule has 5 nitrogen and oxygen atoms in total. The molecule has 0 saturated carbocycles. The highest BCUT2D eigenvalue weighted by atomic mass is 28.3. The van der Waals surface area contributed by atoms with E-state index in [0.29, 0.717) is 23.1 Å². The Morgan fingerprint density at radius 2 is 1.90 bits per heavy atom. The van der Waals surface area contributed by atoms with Gasteiger partial charge in [-0.25, -0.2) is 13.9 Å². The van der Waals surface area contributed by atoms with Gasteiger partial charge in [-0.2, -0.15) is 0 Å². The first-order valence-electron chi connectivity index (χ1n) is 6.59. The van der Waals surface area contributed by atoms with Gasteiger partial charge in [0.15, 0.2) is 5.69 Å². The Balaban J connectivity index is 2.51. The number of hydrogen-bond donors (Lipinski definition) is 0. The monoisotopic (exact) mass is 307 g/mol. The first-order chi connectivity index (χ1) is 9.81. The zero-order chi connectivity index (χ0) is 15.6. The predicted molar refractivity (Wildman–Crippen MR) is 80.1 cm³/mol. The van der Waals surface area contributed by atoms with Gasteiger partial charge in [0.25, 0.3) is 0 Å². The third-order valence-corrected chi connectivity index (χ3v) is 4.10. The van der Waals surface area contributed by atoms with Crippen molar-refractivity contribution in [2.75, 3.05) is 7.11 Å². The average Bonchev–Trinajstić information content (AvgIpc) is 2.80. The molecule has 7 heteroatoms. The number of carbonyl (C=O) groups excluding carboxylic acids is 1. The summed E-state index contributed by atoms with van der Waals surface area (Å²) in [7, 11) is -0.170. The summed E-state index contributed by atoms with van der Waals surface area (Å²) in [6, 6.07) is 5.80. The summed E-state index contributed by atoms with van der Waals surface area (Å²) in [5, 5.41) is 8.16. The van der Waals surface area contributed by atoms with Crippen LogP contribution in [0.1, 0.15) is 10.5 Å². The van der Waals surface area contributed by atoms with Crippen molar-refractivity contribution in [2.24, 2.45) is 0 Å². The van der Waals surface area contributed by atoms with Crippen LogP contribution >= 0.6 is 0 Å². The summed E-state index contributed by atoms with van der Waals surface area (Å²) in [4.78, 5) is 12.1. The molecule has 0 aliphatic heterocycles. The smallest absolute Gasteiger partial charge is 0.358 e. The van der Waals surface area contributed by atoms with E-state index in [2.05, 4.69) is 30.0 Å². The topological polar surface area (TPSA) is 57.0 Å². The van der Waals surface area contributed by atoms with E-state index < -0.39 is 14.0 Å². The summed E-state index contributed by atoms with van der Waals surface area (Å²) in [6.45, 7) is 6.52. The Morgan fingerprint density at radius 1 is 1.29 bits per heavy atom. The van der Waals surface area contributed by atoms with Crippen LogP contribution in [0, 0.1) is 5.82 Å². The molecule has 1 aromatic heterocycles. The lowest BCUT2D eigenvalue weighted by molar-refractivity contribution is 0.0588. The van der Waals surface area contributed by atoms with Crippen molar-refractivity contribution >= 4 is 14.0 Å². The van der Waals surface area contributed by atoms with Crippen molar-refractivity contribution < 1.29 is 13.9 Å². The first kappa shape index (κ1) is 15.4. The van der Waals surface area contributed by atoms with E-state index >= 15 is 0 Å².